The van der Waals surface area contributed by atoms with Crippen LogP contribution in [-0.2, 0) is 0 Å². The zero-order valence-corrected chi connectivity index (χ0v) is 16.6. The first-order chi connectivity index (χ1) is 13.0. The average molecular weight is 411 g/mol. The van der Waals surface area contributed by atoms with Gasteiger partial charge in [0.1, 0.15) is 5.82 Å². The van der Waals surface area contributed by atoms with E-state index in [1.165, 1.54) is 6.07 Å². The Kier molecular flexibility index (Phi) is 5.90. The third-order valence-corrected chi connectivity index (χ3v) is 5.89. The van der Waals surface area contributed by atoms with Crippen LogP contribution in [0, 0.1) is 17.7 Å². The van der Waals surface area contributed by atoms with Crippen LogP contribution in [0.2, 0.25) is 0 Å². The van der Waals surface area contributed by atoms with E-state index in [1.54, 1.807) is 6.07 Å². The van der Waals surface area contributed by atoms with Gasteiger partial charge in [0, 0.05) is 24.6 Å². The van der Waals surface area contributed by atoms with Gasteiger partial charge in [-0.25, -0.2) is 14.3 Å². The van der Waals surface area contributed by atoms with Gasteiger partial charge in [-0.1, -0.05) is 6.92 Å². The minimum atomic E-state index is -0.701. The molecule has 1 fully saturated rings. The Balaban J connectivity index is 0.00000225. The minimum absolute atomic E-state index is 0. The number of hydrogen-bond acceptors (Lipinski definition) is 6. The second-order valence-electron chi connectivity index (χ2n) is 7.51. The van der Waals surface area contributed by atoms with Gasteiger partial charge in [-0.3, -0.25) is 4.79 Å². The molecule has 3 heterocycles. The van der Waals surface area contributed by atoms with Crippen LogP contribution in [0.1, 0.15) is 37.0 Å². The smallest absolute Gasteiger partial charge is 0.388 e. The summed E-state index contributed by atoms with van der Waals surface area (Å²) < 4.78 is 19.8. The number of H-pyrrole nitrogens is 1. The summed E-state index contributed by atoms with van der Waals surface area (Å²) in [7, 11) is 0. The molecule has 2 aliphatic heterocycles. The fourth-order valence-electron chi connectivity index (χ4n) is 4.44. The van der Waals surface area contributed by atoms with E-state index in [4.69, 9.17) is 4.42 Å². The van der Waals surface area contributed by atoms with Gasteiger partial charge in [0.2, 0.25) is 5.89 Å². The number of carbonyl (C=O) groups is 1. The highest BCUT2D eigenvalue weighted by molar-refractivity contribution is 6.04. The maximum absolute atomic E-state index is 14.8. The number of anilines is 1. The molecule has 0 saturated carbocycles. The molecule has 2 N–H and O–H groups in total. The third kappa shape index (κ3) is 3.58. The highest BCUT2D eigenvalue weighted by Gasteiger charge is 2.35. The van der Waals surface area contributed by atoms with Gasteiger partial charge in [0.15, 0.2) is 5.78 Å². The molecule has 0 bridgehead atoms. The first-order valence-corrected chi connectivity index (χ1v) is 9.35. The number of nitrogens with one attached hydrogen (secondary N) is 2. The SMILES string of the molecule is CC([C@H]1CCNC[C@H]1C)N1CCC(=O)c2c(F)cc(-c3n[nH]c(=O)o3)cc21.Cl. The minimum Gasteiger partial charge on any atom is -0.388 e. The van der Waals surface area contributed by atoms with Crippen molar-refractivity contribution in [2.75, 3.05) is 24.5 Å². The Morgan fingerprint density at radius 1 is 1.36 bits per heavy atom. The molecule has 1 saturated heterocycles. The van der Waals surface area contributed by atoms with E-state index in [1.807, 2.05) is 0 Å². The van der Waals surface area contributed by atoms with Crippen LogP contribution in [0.3, 0.4) is 0 Å². The van der Waals surface area contributed by atoms with Crippen molar-refractivity contribution < 1.29 is 13.6 Å². The molecule has 0 aliphatic carbocycles. The summed E-state index contributed by atoms with van der Waals surface area (Å²) >= 11 is 0. The Morgan fingerprint density at radius 3 is 2.82 bits per heavy atom. The number of benzene rings is 1. The van der Waals surface area contributed by atoms with Gasteiger partial charge in [0.25, 0.3) is 0 Å². The first-order valence-electron chi connectivity index (χ1n) is 9.35. The van der Waals surface area contributed by atoms with Crippen LogP contribution in [0.15, 0.2) is 21.3 Å². The fourth-order valence-corrected chi connectivity index (χ4v) is 4.44. The topological polar surface area (TPSA) is 91.2 Å². The maximum Gasteiger partial charge on any atom is 0.434 e. The molecule has 0 spiro atoms. The van der Waals surface area contributed by atoms with Crippen LogP contribution < -0.4 is 16.0 Å². The largest absolute Gasteiger partial charge is 0.434 e. The zero-order chi connectivity index (χ0) is 19.1. The van der Waals surface area contributed by atoms with Crippen molar-refractivity contribution in [2.24, 2.45) is 11.8 Å². The van der Waals surface area contributed by atoms with Crippen molar-refractivity contribution in [1.82, 2.24) is 15.5 Å². The number of piperidine rings is 1. The Hall–Kier alpha value is -2.19. The molecule has 4 rings (SSSR count). The number of halogens is 2. The number of aromatic nitrogens is 2. The second-order valence-corrected chi connectivity index (χ2v) is 7.51. The molecular weight excluding hydrogens is 387 g/mol. The summed E-state index contributed by atoms with van der Waals surface area (Å²) in [6.07, 6.45) is 1.34. The van der Waals surface area contributed by atoms with Gasteiger partial charge in [0.05, 0.1) is 11.3 Å². The molecular formula is C19H24ClFN4O3. The summed E-state index contributed by atoms with van der Waals surface area (Å²) in [6.45, 7) is 6.84. The Labute approximate surface area is 168 Å². The average Bonchev–Trinajstić information content (AvgIpc) is 3.08. The lowest BCUT2D eigenvalue weighted by Gasteiger charge is -2.43. The number of hydrogen-bond donors (Lipinski definition) is 2. The molecule has 0 amide bonds. The number of Topliss-reactive ketones (excluding diaryl/α,β-unsaturated/α-hetero) is 1. The van der Waals surface area contributed by atoms with E-state index in [2.05, 4.69) is 34.3 Å². The molecule has 152 valence electrons. The second kappa shape index (κ2) is 8.05. The van der Waals surface area contributed by atoms with Gasteiger partial charge in [-0.05, 0) is 50.4 Å². The summed E-state index contributed by atoms with van der Waals surface area (Å²) in [4.78, 5) is 25.8. The van der Waals surface area contributed by atoms with E-state index in [9.17, 15) is 14.0 Å². The normalized spacial score (nSPS) is 23.1. The monoisotopic (exact) mass is 410 g/mol. The molecule has 0 radical (unpaired) electrons. The van der Waals surface area contributed by atoms with E-state index >= 15 is 0 Å². The lowest BCUT2D eigenvalue weighted by Crippen LogP contribution is -2.49. The van der Waals surface area contributed by atoms with E-state index < -0.39 is 11.6 Å². The van der Waals surface area contributed by atoms with E-state index in [0.717, 1.165) is 19.5 Å². The Bertz CT molecular complexity index is 928. The quantitative estimate of drug-likeness (QED) is 0.808. The standard InChI is InChI=1S/C19H23FN4O3.ClH/c1-10-9-21-5-3-13(10)11(2)24-6-4-16(25)17-14(20)7-12(8-15(17)24)18-22-23-19(26)27-18;/h7-8,10-11,13,21H,3-6,9H2,1-2H3,(H,23,26);1H/t10-,11?,13+;/m1./s1. The molecule has 28 heavy (non-hydrogen) atoms. The Morgan fingerprint density at radius 2 is 2.14 bits per heavy atom. The van der Waals surface area contributed by atoms with Crippen molar-refractivity contribution in [3.8, 4) is 11.5 Å². The molecule has 1 unspecified atom stereocenters. The van der Waals surface area contributed by atoms with Crippen molar-refractivity contribution in [1.29, 1.82) is 0 Å². The molecule has 2 aliphatic rings. The highest BCUT2D eigenvalue weighted by atomic mass is 35.5. The predicted octanol–water partition coefficient (Wildman–Crippen LogP) is 2.62. The number of carbonyl (C=O) groups excluding carboxylic acids is 1. The molecule has 1 aromatic heterocycles. The van der Waals surface area contributed by atoms with Gasteiger partial charge in [-0.15, -0.1) is 17.5 Å². The van der Waals surface area contributed by atoms with Crippen molar-refractivity contribution in [3.05, 3.63) is 34.1 Å². The third-order valence-electron chi connectivity index (χ3n) is 5.89. The first kappa shape index (κ1) is 20.5. The summed E-state index contributed by atoms with van der Waals surface area (Å²) in [5.41, 5.74) is 1.02. The number of nitrogens with zero attached hydrogens (tertiary/aromatic N) is 2. The van der Waals surface area contributed by atoms with E-state index in [0.29, 0.717) is 36.1 Å². The summed E-state index contributed by atoms with van der Waals surface area (Å²) in [6, 6.07) is 3.07. The number of rotatable bonds is 3. The predicted molar refractivity (Wildman–Crippen MR) is 106 cm³/mol. The van der Waals surface area contributed by atoms with E-state index in [-0.39, 0.29) is 35.7 Å². The van der Waals surface area contributed by atoms with Crippen molar-refractivity contribution in [3.63, 3.8) is 0 Å². The molecule has 7 nitrogen and oxygen atoms in total. The van der Waals surface area contributed by atoms with Crippen LogP contribution in [0.5, 0.6) is 0 Å². The molecule has 9 heteroatoms. The molecule has 3 atom stereocenters. The summed E-state index contributed by atoms with van der Waals surface area (Å²) in [5.74, 6) is -0.544. The van der Waals surface area contributed by atoms with Gasteiger partial charge < -0.3 is 14.6 Å². The maximum atomic E-state index is 14.8. The fraction of sp³-hybridized carbons (Fsp3) is 0.526. The zero-order valence-electron chi connectivity index (χ0n) is 15.8. The summed E-state index contributed by atoms with van der Waals surface area (Å²) in [5, 5.41) is 9.37. The van der Waals surface area contributed by atoms with Crippen LogP contribution in [0.4, 0.5) is 10.1 Å². The van der Waals surface area contributed by atoms with Crippen LogP contribution in [-0.4, -0.2) is 41.7 Å². The highest BCUT2D eigenvalue weighted by Crippen LogP contribution is 2.37. The lowest BCUT2D eigenvalue weighted by molar-refractivity contribution is 0.0972. The molecule has 2 aromatic rings. The van der Waals surface area contributed by atoms with Gasteiger partial charge in [-0.2, -0.15) is 0 Å². The van der Waals surface area contributed by atoms with Gasteiger partial charge >= 0.3 is 5.76 Å². The number of fused-ring (bicyclic) bond motifs is 1. The van der Waals surface area contributed by atoms with Crippen LogP contribution >= 0.6 is 12.4 Å². The van der Waals surface area contributed by atoms with Crippen molar-refractivity contribution in [2.45, 2.75) is 32.7 Å². The lowest BCUT2D eigenvalue weighted by atomic mass is 9.81. The number of ketones is 1. The van der Waals surface area contributed by atoms with Crippen molar-refractivity contribution >= 4 is 23.9 Å². The van der Waals surface area contributed by atoms with Crippen LogP contribution in [0.25, 0.3) is 11.5 Å². The molecule has 1 aromatic carbocycles. The number of aromatic amines is 1.